The first-order valence-electron chi connectivity index (χ1n) is 9.56. The third-order valence-electron chi connectivity index (χ3n) is 5.22. The second kappa shape index (κ2) is 8.83. The fourth-order valence-electron chi connectivity index (χ4n) is 3.38. The van der Waals surface area contributed by atoms with Gasteiger partial charge in [-0.25, -0.2) is 9.18 Å². The van der Waals surface area contributed by atoms with Gasteiger partial charge < -0.3 is 14.9 Å². The summed E-state index contributed by atoms with van der Waals surface area (Å²) in [7, 11) is -0.651. The number of carbonyl (C=O) groups is 1. The maximum Gasteiger partial charge on any atom is 0.419 e. The summed E-state index contributed by atoms with van der Waals surface area (Å²) >= 11 is 0. The molecule has 0 unspecified atom stereocenters. The van der Waals surface area contributed by atoms with Crippen LogP contribution in [-0.2, 0) is 32.5 Å². The highest BCUT2D eigenvalue weighted by Gasteiger charge is 2.45. The molecule has 0 aromatic heterocycles. The number of nitrogens with zero attached hydrogens (tertiary/aromatic N) is 3. The molecule has 2 aliphatic rings. The van der Waals surface area contributed by atoms with Crippen LogP contribution in [0.5, 0.6) is 0 Å². The molecular formula is C18H22F4N4O5S. The predicted octanol–water partition coefficient (Wildman–Crippen LogP) is 2.45. The zero-order valence-electron chi connectivity index (χ0n) is 17.3. The molecule has 2 aliphatic heterocycles. The smallest absolute Gasteiger partial charge is 0.392 e. The molecule has 178 valence electrons. The van der Waals surface area contributed by atoms with E-state index in [1.54, 1.807) is 0 Å². The Hall–Kier alpha value is -2.45. The zero-order valence-corrected chi connectivity index (χ0v) is 18.1. The van der Waals surface area contributed by atoms with E-state index in [9.17, 15) is 30.8 Å². The van der Waals surface area contributed by atoms with E-state index in [0.717, 1.165) is 10.4 Å². The molecule has 14 heteroatoms. The minimum atomic E-state index is -4.81. The number of rotatable bonds is 4. The first-order chi connectivity index (χ1) is 14.8. The van der Waals surface area contributed by atoms with E-state index in [2.05, 4.69) is 10.5 Å². The average Bonchev–Trinajstić information content (AvgIpc) is 3.07. The highest BCUT2D eigenvalue weighted by molar-refractivity contribution is 7.86. The highest BCUT2D eigenvalue weighted by Crippen LogP contribution is 2.36. The summed E-state index contributed by atoms with van der Waals surface area (Å²) in [5, 5.41) is 6.06. The molecule has 0 atom stereocenters. The number of hydrogen-bond acceptors (Lipinski definition) is 6. The van der Waals surface area contributed by atoms with Gasteiger partial charge in [-0.2, -0.15) is 30.2 Å². The van der Waals surface area contributed by atoms with Gasteiger partial charge in [0.25, 0.3) is 10.2 Å². The van der Waals surface area contributed by atoms with Crippen molar-refractivity contribution in [3.63, 3.8) is 0 Å². The van der Waals surface area contributed by atoms with Gasteiger partial charge >= 0.3 is 12.3 Å². The van der Waals surface area contributed by atoms with Crippen LogP contribution in [0.15, 0.2) is 23.4 Å². The number of alkyl carbamates (subject to hydrolysis) is 1. The SMILES string of the molecule is CN(C)S(=O)(=O)N1CCC2(CC1)CC(OC(=O)NCc1ccc(C(F)(F)F)c(F)c1)=NO2. The van der Waals surface area contributed by atoms with E-state index in [1.807, 2.05) is 0 Å². The van der Waals surface area contributed by atoms with Gasteiger partial charge in [0.15, 0.2) is 0 Å². The van der Waals surface area contributed by atoms with E-state index in [4.69, 9.17) is 9.57 Å². The number of piperidine rings is 1. The number of hydrogen-bond donors (Lipinski definition) is 1. The minimum Gasteiger partial charge on any atom is -0.392 e. The van der Waals surface area contributed by atoms with Crippen LogP contribution in [0.3, 0.4) is 0 Å². The fourth-order valence-corrected chi connectivity index (χ4v) is 4.49. The minimum absolute atomic E-state index is 0.00924. The van der Waals surface area contributed by atoms with Crippen LogP contribution in [-0.4, -0.2) is 61.8 Å². The van der Waals surface area contributed by atoms with Crippen molar-refractivity contribution >= 4 is 22.2 Å². The van der Waals surface area contributed by atoms with Gasteiger partial charge in [0.2, 0.25) is 5.90 Å². The first-order valence-corrected chi connectivity index (χ1v) is 11.0. The molecule has 1 aromatic carbocycles. The Morgan fingerprint density at radius 3 is 2.53 bits per heavy atom. The molecule has 1 aromatic rings. The maximum atomic E-state index is 13.6. The third kappa shape index (κ3) is 5.30. The second-order valence-electron chi connectivity index (χ2n) is 7.68. The van der Waals surface area contributed by atoms with Gasteiger partial charge in [0.05, 0.1) is 12.0 Å². The zero-order chi connectivity index (χ0) is 23.7. The lowest BCUT2D eigenvalue weighted by Crippen LogP contribution is -2.50. The lowest BCUT2D eigenvalue weighted by atomic mass is 9.89. The molecule has 1 saturated heterocycles. The summed E-state index contributed by atoms with van der Waals surface area (Å²) in [6.07, 6.45) is -4.88. The van der Waals surface area contributed by atoms with Crippen LogP contribution in [0.25, 0.3) is 0 Å². The van der Waals surface area contributed by atoms with Crippen molar-refractivity contribution in [2.24, 2.45) is 5.16 Å². The van der Waals surface area contributed by atoms with Crippen molar-refractivity contribution in [1.29, 1.82) is 0 Å². The van der Waals surface area contributed by atoms with Crippen LogP contribution >= 0.6 is 0 Å². The van der Waals surface area contributed by atoms with E-state index >= 15 is 0 Å². The van der Waals surface area contributed by atoms with Crippen molar-refractivity contribution in [3.8, 4) is 0 Å². The van der Waals surface area contributed by atoms with E-state index < -0.39 is 39.5 Å². The standard InChI is InChI=1S/C18H22F4N4O5S/c1-25(2)32(28,29)26-7-5-17(6-8-26)10-15(24-31-17)30-16(27)23-11-12-3-4-13(14(19)9-12)18(20,21)22/h3-4,9H,5-8,10-11H2,1-2H3,(H,23,27). The Labute approximate surface area is 182 Å². The van der Waals surface area contributed by atoms with Crippen molar-refractivity contribution in [2.75, 3.05) is 27.2 Å². The Morgan fingerprint density at radius 1 is 1.31 bits per heavy atom. The lowest BCUT2D eigenvalue weighted by Gasteiger charge is -2.37. The number of amides is 1. The average molecular weight is 482 g/mol. The van der Waals surface area contributed by atoms with Gasteiger partial charge in [0.1, 0.15) is 11.4 Å². The first kappa shape index (κ1) is 24.2. The monoisotopic (exact) mass is 482 g/mol. The summed E-state index contributed by atoms with van der Waals surface area (Å²) in [5.74, 6) is -1.45. The molecule has 0 aliphatic carbocycles. The molecule has 0 bridgehead atoms. The summed E-state index contributed by atoms with van der Waals surface area (Å²) in [4.78, 5) is 17.4. The quantitative estimate of drug-likeness (QED) is 0.665. The molecule has 3 rings (SSSR count). The van der Waals surface area contributed by atoms with Crippen LogP contribution in [0, 0.1) is 5.82 Å². The lowest BCUT2D eigenvalue weighted by molar-refractivity contribution is -0.140. The Bertz CT molecular complexity index is 1010. The normalized spacial score (nSPS) is 19.0. The number of oxime groups is 1. The molecule has 0 radical (unpaired) electrons. The molecule has 32 heavy (non-hydrogen) atoms. The van der Waals surface area contributed by atoms with Gasteiger partial charge in [-0.3, -0.25) is 0 Å². The number of benzene rings is 1. The van der Waals surface area contributed by atoms with E-state index in [0.29, 0.717) is 25.0 Å². The number of nitrogens with one attached hydrogen (secondary N) is 1. The summed E-state index contributed by atoms with van der Waals surface area (Å²) in [6, 6.07) is 2.33. The van der Waals surface area contributed by atoms with Crippen molar-refractivity contribution in [1.82, 2.24) is 13.9 Å². The van der Waals surface area contributed by atoms with Crippen molar-refractivity contribution in [2.45, 2.75) is 37.6 Å². The molecule has 2 heterocycles. The van der Waals surface area contributed by atoms with Crippen LogP contribution < -0.4 is 5.32 Å². The Kier molecular flexibility index (Phi) is 6.67. The van der Waals surface area contributed by atoms with E-state index in [-0.39, 0.29) is 37.5 Å². The number of carbonyl (C=O) groups excluding carboxylic acids is 1. The molecular weight excluding hydrogens is 460 g/mol. The number of halogens is 4. The summed E-state index contributed by atoms with van der Waals surface area (Å²) in [5.41, 5.74) is -2.05. The van der Waals surface area contributed by atoms with Gasteiger partial charge in [0, 0.05) is 46.6 Å². The summed E-state index contributed by atoms with van der Waals surface area (Å²) in [6.45, 7) is 0.175. The highest BCUT2D eigenvalue weighted by atomic mass is 32.2. The predicted molar refractivity (Wildman–Crippen MR) is 104 cm³/mol. The number of ether oxygens (including phenoxy) is 1. The van der Waals surface area contributed by atoms with Gasteiger partial charge in [-0.15, -0.1) is 0 Å². The third-order valence-corrected chi connectivity index (χ3v) is 7.16. The Morgan fingerprint density at radius 2 is 1.97 bits per heavy atom. The molecule has 1 spiro atoms. The van der Waals surface area contributed by atoms with Gasteiger partial charge in [-0.05, 0) is 17.7 Å². The largest absolute Gasteiger partial charge is 0.419 e. The van der Waals surface area contributed by atoms with Crippen molar-refractivity contribution in [3.05, 3.63) is 35.1 Å². The molecule has 1 fully saturated rings. The van der Waals surface area contributed by atoms with Gasteiger partial charge in [-0.1, -0.05) is 11.2 Å². The summed E-state index contributed by atoms with van der Waals surface area (Å²) < 4.78 is 83.3. The topological polar surface area (TPSA) is 101 Å². The van der Waals surface area contributed by atoms with Crippen LogP contribution in [0.4, 0.5) is 22.4 Å². The molecule has 0 saturated carbocycles. The molecule has 1 N–H and O–H groups in total. The van der Waals surface area contributed by atoms with E-state index in [1.165, 1.54) is 18.4 Å². The second-order valence-corrected chi connectivity index (χ2v) is 9.82. The number of alkyl halides is 3. The Balaban J connectivity index is 1.48. The fraction of sp³-hybridized carbons (Fsp3) is 0.556. The van der Waals surface area contributed by atoms with Crippen LogP contribution in [0.2, 0.25) is 0 Å². The molecule has 1 amide bonds. The molecule has 9 nitrogen and oxygen atoms in total. The maximum absolute atomic E-state index is 13.6. The van der Waals surface area contributed by atoms with Crippen LogP contribution in [0.1, 0.15) is 30.4 Å². The van der Waals surface area contributed by atoms with Crippen molar-refractivity contribution < 1.29 is 40.3 Å².